The lowest BCUT2D eigenvalue weighted by Crippen LogP contribution is -2.15. The van der Waals surface area contributed by atoms with Crippen molar-refractivity contribution < 1.29 is 0 Å². The molecule has 118 valence electrons. The first-order valence-electron chi connectivity index (χ1n) is 8.31. The molecule has 0 saturated heterocycles. The first-order valence-corrected chi connectivity index (χ1v) is 12.5. The molecule has 0 radical (unpaired) electrons. The predicted octanol–water partition coefficient (Wildman–Crippen LogP) is 6.81. The second-order valence-electron chi connectivity index (χ2n) is 6.57. The molecule has 22 heavy (non-hydrogen) atoms. The lowest BCUT2D eigenvalue weighted by atomic mass is 9.90. The Balaban J connectivity index is 2.48. The smallest absolute Gasteiger partial charge is 0.150 e. The zero-order chi connectivity index (χ0) is 16.2. The van der Waals surface area contributed by atoms with Crippen LogP contribution in [0, 0.1) is 0 Å². The summed E-state index contributed by atoms with van der Waals surface area (Å²) in [7, 11) is -1.48. The van der Waals surface area contributed by atoms with Crippen LogP contribution in [0.4, 0.5) is 0 Å². The van der Waals surface area contributed by atoms with Gasteiger partial charge >= 0.3 is 0 Å². The molecular weight excluding hydrogens is 304 g/mol. The molecule has 0 heterocycles. The molecule has 0 atom stereocenters. The monoisotopic (exact) mass is 330 g/mol. The minimum Gasteiger partial charge on any atom is -0.168 e. The van der Waals surface area contributed by atoms with Gasteiger partial charge in [0, 0.05) is 0 Å². The Morgan fingerprint density at radius 1 is 1.14 bits per heavy atom. The van der Waals surface area contributed by atoms with Gasteiger partial charge < -0.3 is 0 Å². The number of hydrogen-bond donors (Lipinski definition) is 0. The molecule has 0 aliphatic rings. The van der Waals surface area contributed by atoms with Gasteiger partial charge in [0.2, 0.25) is 0 Å². The average molecular weight is 331 g/mol. The second kappa shape index (κ2) is 7.48. The van der Waals surface area contributed by atoms with Crippen LogP contribution in [-0.4, -0.2) is 7.38 Å². The summed E-state index contributed by atoms with van der Waals surface area (Å²) in [6.07, 6.45) is 7.80. The second-order valence-corrected chi connectivity index (χ2v) is 13.6. The maximum absolute atomic E-state index is 6.50. The Bertz CT molecular complexity index is 665. The lowest BCUT2D eigenvalue weighted by Gasteiger charge is -2.17. The quantitative estimate of drug-likeness (QED) is 0.403. The topological polar surface area (TPSA) is 0 Å². The van der Waals surface area contributed by atoms with Gasteiger partial charge in [-0.05, 0) is 59.3 Å². The number of fused-ring (bicyclic) bond motifs is 1. The van der Waals surface area contributed by atoms with Gasteiger partial charge in [0.15, 0.2) is 7.38 Å². The number of aryl methyl sites for hydroxylation is 1. The van der Waals surface area contributed by atoms with E-state index in [0.717, 1.165) is 12.8 Å². The molecule has 0 aromatic heterocycles. The van der Waals surface area contributed by atoms with Crippen LogP contribution in [-0.2, 0) is 12.8 Å². The lowest BCUT2D eigenvalue weighted by molar-refractivity contribution is 0.894. The van der Waals surface area contributed by atoms with Crippen molar-refractivity contribution in [3.8, 4) is 0 Å². The van der Waals surface area contributed by atoms with Crippen LogP contribution < -0.4 is 0 Å². The number of rotatable bonds is 6. The fraction of sp³-hybridized carbons (Fsp3) is 0.400. The van der Waals surface area contributed by atoms with Crippen LogP contribution in [0.1, 0.15) is 37.0 Å². The zero-order valence-corrected chi connectivity index (χ0v) is 16.0. The van der Waals surface area contributed by atoms with E-state index in [9.17, 15) is 0 Å². The molecule has 0 bridgehead atoms. The molecule has 0 saturated carbocycles. The van der Waals surface area contributed by atoms with Crippen LogP contribution >= 0.6 is 11.1 Å². The first kappa shape index (κ1) is 17.3. The van der Waals surface area contributed by atoms with Crippen LogP contribution in [0.3, 0.4) is 0 Å². The summed E-state index contributed by atoms with van der Waals surface area (Å²) in [6, 6.07) is 12.3. The highest BCUT2D eigenvalue weighted by Gasteiger charge is 2.17. The fourth-order valence-electron chi connectivity index (χ4n) is 3.21. The molecule has 0 aliphatic heterocycles. The van der Waals surface area contributed by atoms with Gasteiger partial charge in [0.05, 0.1) is 0 Å². The molecule has 0 fully saturated rings. The summed E-state index contributed by atoms with van der Waals surface area (Å²) < 4.78 is 0. The summed E-state index contributed by atoms with van der Waals surface area (Å²) in [4.78, 5) is 0. The van der Waals surface area contributed by atoms with Crippen molar-refractivity contribution in [2.24, 2.45) is 0 Å². The van der Waals surface area contributed by atoms with Crippen molar-refractivity contribution in [3.05, 3.63) is 53.1 Å². The maximum Gasteiger partial charge on any atom is 0.150 e. The summed E-state index contributed by atoms with van der Waals surface area (Å²) >= 11 is 6.50. The van der Waals surface area contributed by atoms with E-state index in [1.165, 1.54) is 39.9 Å². The van der Waals surface area contributed by atoms with Crippen LogP contribution in [0.2, 0.25) is 19.1 Å². The minimum absolute atomic E-state index is 1.08. The summed E-state index contributed by atoms with van der Waals surface area (Å²) in [6.45, 7) is 8.84. The maximum atomic E-state index is 6.50. The number of hydrogen-bond acceptors (Lipinski definition) is 0. The fourth-order valence-corrected chi connectivity index (χ4v) is 4.62. The van der Waals surface area contributed by atoms with E-state index >= 15 is 0 Å². The summed E-state index contributed by atoms with van der Waals surface area (Å²) in [5, 5.41) is 2.77. The molecule has 2 aromatic carbocycles. The molecule has 0 spiro atoms. The van der Waals surface area contributed by atoms with E-state index in [1.807, 2.05) is 0 Å². The highest BCUT2D eigenvalue weighted by molar-refractivity contribution is 7.19. The van der Waals surface area contributed by atoms with Crippen molar-refractivity contribution in [2.45, 2.75) is 52.2 Å². The molecule has 2 aromatic rings. The van der Waals surface area contributed by atoms with Crippen molar-refractivity contribution in [2.75, 3.05) is 0 Å². The third-order valence-corrected chi connectivity index (χ3v) is 6.32. The van der Waals surface area contributed by atoms with Gasteiger partial charge in [-0.1, -0.05) is 62.9 Å². The normalized spacial score (nSPS) is 12.4. The van der Waals surface area contributed by atoms with Crippen molar-refractivity contribution >= 4 is 35.3 Å². The Morgan fingerprint density at radius 2 is 1.86 bits per heavy atom. The Labute approximate surface area is 140 Å². The molecule has 0 amide bonds. The molecule has 0 aliphatic carbocycles. The van der Waals surface area contributed by atoms with Crippen molar-refractivity contribution in [1.29, 1.82) is 0 Å². The largest absolute Gasteiger partial charge is 0.168 e. The third kappa shape index (κ3) is 4.24. The number of benzene rings is 2. The number of halogens is 1. The van der Waals surface area contributed by atoms with E-state index in [4.69, 9.17) is 11.1 Å². The predicted molar refractivity (Wildman–Crippen MR) is 104 cm³/mol. The summed E-state index contributed by atoms with van der Waals surface area (Å²) in [5.41, 5.74) is 4.41. The first-order chi connectivity index (χ1) is 10.5. The highest BCUT2D eigenvalue weighted by atomic mass is 35.6. The van der Waals surface area contributed by atoms with Crippen LogP contribution in [0.15, 0.2) is 36.4 Å². The van der Waals surface area contributed by atoms with Gasteiger partial charge in [-0.15, -0.1) is 0 Å². The Morgan fingerprint density at radius 3 is 2.50 bits per heavy atom. The van der Waals surface area contributed by atoms with Gasteiger partial charge in [-0.25, -0.2) is 0 Å². The Hall–Kier alpha value is -1.05. The van der Waals surface area contributed by atoms with Gasteiger partial charge in [-0.3, -0.25) is 0 Å². The van der Waals surface area contributed by atoms with Gasteiger partial charge in [-0.2, -0.15) is 11.1 Å². The van der Waals surface area contributed by atoms with E-state index in [1.54, 1.807) is 0 Å². The number of allylic oxidation sites excluding steroid dienone is 1. The zero-order valence-electron chi connectivity index (χ0n) is 14.2. The van der Waals surface area contributed by atoms with Crippen molar-refractivity contribution in [1.82, 2.24) is 0 Å². The minimum atomic E-state index is -1.48. The molecular formula is C20H27ClSi. The third-order valence-electron chi connectivity index (χ3n) is 4.21. The standard InChI is InChI=1S/C20H27ClSi/c1-5-10-16-15-17-11-7-8-12-19(17)20(18(16)6-2)13-9-14-22(3,4)21/h5,7-8,10-12,15H,6,9,13-14H2,1-4H3/b10-5-. The summed E-state index contributed by atoms with van der Waals surface area (Å²) in [5.74, 6) is 0. The molecule has 2 heteroatoms. The van der Waals surface area contributed by atoms with Gasteiger partial charge in [0.1, 0.15) is 0 Å². The average Bonchev–Trinajstić information content (AvgIpc) is 2.46. The van der Waals surface area contributed by atoms with E-state index in [0.29, 0.717) is 0 Å². The molecule has 2 rings (SSSR count). The molecule has 0 unspecified atom stereocenters. The van der Waals surface area contributed by atoms with E-state index in [2.05, 4.69) is 69.4 Å². The van der Waals surface area contributed by atoms with Crippen LogP contribution in [0.5, 0.6) is 0 Å². The molecule has 0 N–H and O–H groups in total. The van der Waals surface area contributed by atoms with E-state index in [-0.39, 0.29) is 0 Å². The van der Waals surface area contributed by atoms with Gasteiger partial charge in [0.25, 0.3) is 0 Å². The Kier molecular flexibility index (Phi) is 5.88. The molecule has 0 nitrogen and oxygen atoms in total. The SMILES string of the molecule is C/C=C\c1cc2ccccc2c(CCC[Si](C)(C)Cl)c1CC. The van der Waals surface area contributed by atoms with Crippen molar-refractivity contribution in [3.63, 3.8) is 0 Å². The highest BCUT2D eigenvalue weighted by Crippen LogP contribution is 2.30. The van der Waals surface area contributed by atoms with Crippen LogP contribution in [0.25, 0.3) is 16.8 Å². The van der Waals surface area contributed by atoms with E-state index < -0.39 is 7.38 Å².